The highest BCUT2D eigenvalue weighted by Crippen LogP contribution is 2.37. The lowest BCUT2D eigenvalue weighted by atomic mass is 10.1. The molecule has 1 saturated carbocycles. The Kier molecular flexibility index (Phi) is 2.81. The zero-order valence-electron chi connectivity index (χ0n) is 9.72. The van der Waals surface area contributed by atoms with Gasteiger partial charge in [0, 0.05) is 12.0 Å². The van der Waals surface area contributed by atoms with E-state index in [1.54, 1.807) is 0 Å². The van der Waals surface area contributed by atoms with Crippen LogP contribution in [0.25, 0.3) is 0 Å². The van der Waals surface area contributed by atoms with Gasteiger partial charge in [-0.1, -0.05) is 0 Å². The van der Waals surface area contributed by atoms with Crippen LogP contribution in [0.4, 0.5) is 0 Å². The van der Waals surface area contributed by atoms with Crippen LogP contribution in [0, 0.1) is 5.92 Å². The molecule has 3 rings (SSSR count). The molecule has 1 aromatic rings. The average Bonchev–Trinajstić information content (AvgIpc) is 2.96. The number of ether oxygens (including phenoxy) is 3. The SMILES string of the molecule is NCC1CCCC1Oc1ccc2c(c1)OCO2. The lowest BCUT2D eigenvalue weighted by Crippen LogP contribution is -2.27. The minimum Gasteiger partial charge on any atom is -0.490 e. The molecule has 1 aromatic carbocycles. The monoisotopic (exact) mass is 235 g/mol. The zero-order chi connectivity index (χ0) is 11.7. The van der Waals surface area contributed by atoms with Crippen LogP contribution in [0.15, 0.2) is 18.2 Å². The summed E-state index contributed by atoms with van der Waals surface area (Å²) in [6, 6.07) is 5.72. The average molecular weight is 235 g/mol. The number of fused-ring (bicyclic) bond motifs is 1. The van der Waals surface area contributed by atoms with Crippen LogP contribution < -0.4 is 19.9 Å². The number of rotatable bonds is 3. The highest BCUT2D eigenvalue weighted by Gasteiger charge is 2.28. The van der Waals surface area contributed by atoms with Gasteiger partial charge in [0.25, 0.3) is 0 Å². The van der Waals surface area contributed by atoms with Crippen molar-refractivity contribution in [1.29, 1.82) is 0 Å². The number of benzene rings is 1. The second-order valence-electron chi connectivity index (χ2n) is 4.60. The molecule has 1 aliphatic carbocycles. The Hall–Kier alpha value is -1.42. The number of hydrogen-bond donors (Lipinski definition) is 1. The van der Waals surface area contributed by atoms with Crippen molar-refractivity contribution in [1.82, 2.24) is 0 Å². The van der Waals surface area contributed by atoms with E-state index in [4.69, 9.17) is 19.9 Å². The molecule has 0 amide bonds. The van der Waals surface area contributed by atoms with Crippen LogP contribution in [-0.2, 0) is 0 Å². The molecule has 0 saturated heterocycles. The summed E-state index contributed by atoms with van der Waals surface area (Å²) in [6.45, 7) is 1.00. The standard InChI is InChI=1S/C13H17NO3/c14-7-9-2-1-3-11(9)17-10-4-5-12-13(6-10)16-8-15-12/h4-6,9,11H,1-3,7-8,14H2. The fourth-order valence-corrected chi connectivity index (χ4v) is 2.55. The maximum absolute atomic E-state index is 5.99. The van der Waals surface area contributed by atoms with Gasteiger partial charge < -0.3 is 19.9 Å². The van der Waals surface area contributed by atoms with Crippen LogP contribution in [0.1, 0.15) is 19.3 Å². The van der Waals surface area contributed by atoms with Gasteiger partial charge in [-0.05, 0) is 37.9 Å². The van der Waals surface area contributed by atoms with Gasteiger partial charge in [-0.2, -0.15) is 0 Å². The molecule has 2 N–H and O–H groups in total. The lowest BCUT2D eigenvalue weighted by Gasteiger charge is -2.19. The molecule has 1 heterocycles. The van der Waals surface area contributed by atoms with Gasteiger partial charge in [0.05, 0.1) is 0 Å². The highest BCUT2D eigenvalue weighted by atomic mass is 16.7. The summed E-state index contributed by atoms with van der Waals surface area (Å²) in [7, 11) is 0. The van der Waals surface area contributed by atoms with Crippen molar-refractivity contribution >= 4 is 0 Å². The molecule has 0 radical (unpaired) electrons. The van der Waals surface area contributed by atoms with Gasteiger partial charge in [-0.3, -0.25) is 0 Å². The van der Waals surface area contributed by atoms with Crippen molar-refractivity contribution in [3.05, 3.63) is 18.2 Å². The van der Waals surface area contributed by atoms with Gasteiger partial charge in [0.2, 0.25) is 6.79 Å². The first-order valence-electron chi connectivity index (χ1n) is 6.13. The van der Waals surface area contributed by atoms with E-state index in [0.717, 1.165) is 23.7 Å². The molecule has 0 bridgehead atoms. The van der Waals surface area contributed by atoms with Gasteiger partial charge in [0.1, 0.15) is 11.9 Å². The maximum Gasteiger partial charge on any atom is 0.231 e. The predicted molar refractivity (Wildman–Crippen MR) is 63.4 cm³/mol. The third-order valence-corrected chi connectivity index (χ3v) is 3.52. The predicted octanol–water partition coefficient (Wildman–Crippen LogP) is 1.92. The Labute approximate surface area is 101 Å². The van der Waals surface area contributed by atoms with Crippen molar-refractivity contribution in [2.75, 3.05) is 13.3 Å². The second-order valence-corrected chi connectivity index (χ2v) is 4.60. The van der Waals surface area contributed by atoms with E-state index < -0.39 is 0 Å². The lowest BCUT2D eigenvalue weighted by molar-refractivity contribution is 0.161. The quantitative estimate of drug-likeness (QED) is 0.869. The fourth-order valence-electron chi connectivity index (χ4n) is 2.55. The van der Waals surface area contributed by atoms with Crippen LogP contribution >= 0.6 is 0 Å². The maximum atomic E-state index is 5.99. The molecule has 1 fully saturated rings. The fraction of sp³-hybridized carbons (Fsp3) is 0.538. The normalized spacial score (nSPS) is 26.2. The van der Waals surface area contributed by atoms with Crippen LogP contribution in [0.2, 0.25) is 0 Å². The molecule has 2 unspecified atom stereocenters. The van der Waals surface area contributed by atoms with E-state index >= 15 is 0 Å². The number of nitrogens with two attached hydrogens (primary N) is 1. The van der Waals surface area contributed by atoms with Crippen molar-refractivity contribution in [2.45, 2.75) is 25.4 Å². The molecule has 2 atom stereocenters. The molecule has 92 valence electrons. The molecule has 4 nitrogen and oxygen atoms in total. The van der Waals surface area contributed by atoms with Gasteiger partial charge in [0.15, 0.2) is 11.5 Å². The third kappa shape index (κ3) is 2.05. The summed E-state index contributed by atoms with van der Waals surface area (Å²) in [5.74, 6) is 2.89. The molecule has 0 spiro atoms. The van der Waals surface area contributed by atoms with E-state index in [9.17, 15) is 0 Å². The summed E-state index contributed by atoms with van der Waals surface area (Å²) in [5.41, 5.74) is 5.74. The van der Waals surface area contributed by atoms with Gasteiger partial charge in [-0.15, -0.1) is 0 Å². The van der Waals surface area contributed by atoms with E-state index in [1.165, 1.54) is 12.8 Å². The number of hydrogen-bond acceptors (Lipinski definition) is 4. The van der Waals surface area contributed by atoms with Crippen molar-refractivity contribution in [2.24, 2.45) is 11.7 Å². The van der Waals surface area contributed by atoms with Crippen LogP contribution in [0.5, 0.6) is 17.2 Å². The van der Waals surface area contributed by atoms with Crippen LogP contribution in [-0.4, -0.2) is 19.4 Å². The topological polar surface area (TPSA) is 53.7 Å². The van der Waals surface area contributed by atoms with E-state index in [1.807, 2.05) is 18.2 Å². The zero-order valence-corrected chi connectivity index (χ0v) is 9.72. The third-order valence-electron chi connectivity index (χ3n) is 3.52. The largest absolute Gasteiger partial charge is 0.490 e. The van der Waals surface area contributed by atoms with Gasteiger partial charge >= 0.3 is 0 Å². The Morgan fingerprint density at radius 2 is 2.12 bits per heavy atom. The minimum atomic E-state index is 0.250. The Balaban J connectivity index is 1.72. The Bertz CT molecular complexity index is 408. The molecule has 4 heteroatoms. The molecule has 0 aromatic heterocycles. The summed E-state index contributed by atoms with van der Waals surface area (Å²) >= 11 is 0. The van der Waals surface area contributed by atoms with Crippen molar-refractivity contribution < 1.29 is 14.2 Å². The molecule has 2 aliphatic rings. The minimum absolute atomic E-state index is 0.250. The Morgan fingerprint density at radius 3 is 3.00 bits per heavy atom. The van der Waals surface area contributed by atoms with E-state index in [-0.39, 0.29) is 6.10 Å². The highest BCUT2D eigenvalue weighted by molar-refractivity contribution is 5.46. The summed E-state index contributed by atoms with van der Waals surface area (Å²) in [4.78, 5) is 0. The summed E-state index contributed by atoms with van der Waals surface area (Å²) < 4.78 is 16.6. The Morgan fingerprint density at radius 1 is 1.24 bits per heavy atom. The first kappa shape index (κ1) is 10.7. The second kappa shape index (κ2) is 4.45. The first-order valence-corrected chi connectivity index (χ1v) is 6.13. The summed E-state index contributed by atoms with van der Waals surface area (Å²) in [6.07, 6.45) is 3.72. The first-order chi connectivity index (χ1) is 8.36. The molecule has 1 aliphatic heterocycles. The van der Waals surface area contributed by atoms with Crippen LogP contribution in [0.3, 0.4) is 0 Å². The molecular weight excluding hydrogens is 218 g/mol. The van der Waals surface area contributed by atoms with Crippen molar-refractivity contribution in [3.8, 4) is 17.2 Å². The summed E-state index contributed by atoms with van der Waals surface area (Å²) in [5, 5.41) is 0. The van der Waals surface area contributed by atoms with Gasteiger partial charge in [-0.25, -0.2) is 0 Å². The molecular formula is C13H17NO3. The molecule has 17 heavy (non-hydrogen) atoms. The van der Waals surface area contributed by atoms with E-state index in [2.05, 4.69) is 0 Å². The van der Waals surface area contributed by atoms with Crippen molar-refractivity contribution in [3.63, 3.8) is 0 Å². The van der Waals surface area contributed by atoms with E-state index in [0.29, 0.717) is 19.3 Å². The smallest absolute Gasteiger partial charge is 0.231 e.